The number of carbonyl (C=O) groups excluding carboxylic acids is 2. The van der Waals surface area contributed by atoms with Crippen LogP contribution >= 0.6 is 12.2 Å². The quantitative estimate of drug-likeness (QED) is 0.532. The monoisotopic (exact) mass is 399 g/mol. The Labute approximate surface area is 170 Å². The zero-order chi connectivity index (χ0) is 20.7. The third kappa shape index (κ3) is 6.35. The average molecular weight is 400 g/mol. The fourth-order valence-corrected chi connectivity index (χ4v) is 2.64. The lowest BCUT2D eigenvalue weighted by Crippen LogP contribution is -2.49. The van der Waals surface area contributed by atoms with Crippen LogP contribution in [0.1, 0.15) is 46.8 Å². The zero-order valence-corrected chi connectivity index (χ0v) is 17.3. The summed E-state index contributed by atoms with van der Waals surface area (Å²) in [5, 5.41) is 2.51. The Hall–Kier alpha value is -2.93. The van der Waals surface area contributed by atoms with E-state index in [4.69, 9.17) is 17.0 Å². The maximum absolute atomic E-state index is 12.2. The van der Waals surface area contributed by atoms with Crippen LogP contribution in [0.4, 0.5) is 0 Å². The molecule has 0 aliphatic rings. The number of carbonyl (C=O) groups is 2. The summed E-state index contributed by atoms with van der Waals surface area (Å²) in [4.78, 5) is 24.1. The van der Waals surface area contributed by atoms with Crippen LogP contribution in [0.15, 0.2) is 42.5 Å². The van der Waals surface area contributed by atoms with Crippen LogP contribution in [0.3, 0.4) is 0 Å². The number of hydrogen-bond acceptors (Lipinski definition) is 4. The highest BCUT2D eigenvalue weighted by Crippen LogP contribution is 2.18. The molecule has 2 aromatic rings. The number of hydrazine groups is 1. The SMILES string of the molecule is Cc1ccc(OCC(=O)NNC(=S)NC(=O)c2ccc(C(C)C)cc2)c(C)c1. The normalized spacial score (nSPS) is 10.3. The Balaban J connectivity index is 1.76. The van der Waals surface area contributed by atoms with Gasteiger partial charge in [-0.05, 0) is 61.3 Å². The third-order valence-electron chi connectivity index (χ3n) is 4.07. The lowest BCUT2D eigenvalue weighted by Gasteiger charge is -2.13. The molecule has 0 aliphatic carbocycles. The first-order valence-corrected chi connectivity index (χ1v) is 9.37. The number of amides is 2. The molecule has 0 aromatic heterocycles. The lowest BCUT2D eigenvalue weighted by molar-refractivity contribution is -0.123. The molecule has 0 saturated carbocycles. The predicted octanol–water partition coefficient (Wildman–Crippen LogP) is 3.14. The van der Waals surface area contributed by atoms with Gasteiger partial charge in [0.25, 0.3) is 11.8 Å². The Morgan fingerprint density at radius 1 is 1.04 bits per heavy atom. The molecule has 2 amide bonds. The van der Waals surface area contributed by atoms with E-state index in [-0.39, 0.29) is 17.6 Å². The van der Waals surface area contributed by atoms with Crippen molar-refractivity contribution in [2.24, 2.45) is 0 Å². The molecule has 0 heterocycles. The van der Waals surface area contributed by atoms with Crippen molar-refractivity contribution in [2.75, 3.05) is 6.61 Å². The highest BCUT2D eigenvalue weighted by molar-refractivity contribution is 7.80. The number of thiocarbonyl (C=S) groups is 1. The van der Waals surface area contributed by atoms with Crippen LogP contribution in [-0.4, -0.2) is 23.5 Å². The van der Waals surface area contributed by atoms with Crippen molar-refractivity contribution in [3.05, 3.63) is 64.7 Å². The van der Waals surface area contributed by atoms with E-state index in [2.05, 4.69) is 30.0 Å². The van der Waals surface area contributed by atoms with Crippen LogP contribution < -0.4 is 20.9 Å². The van der Waals surface area contributed by atoms with E-state index in [0.717, 1.165) is 16.7 Å². The van der Waals surface area contributed by atoms with Crippen LogP contribution in [-0.2, 0) is 4.79 Å². The highest BCUT2D eigenvalue weighted by atomic mass is 32.1. The van der Waals surface area contributed by atoms with Crippen LogP contribution in [0.25, 0.3) is 0 Å². The van der Waals surface area contributed by atoms with Crippen LogP contribution in [0.2, 0.25) is 0 Å². The summed E-state index contributed by atoms with van der Waals surface area (Å²) in [5.74, 6) is 0.258. The maximum Gasteiger partial charge on any atom is 0.276 e. The van der Waals surface area contributed by atoms with Gasteiger partial charge in [-0.15, -0.1) is 0 Å². The van der Waals surface area contributed by atoms with Gasteiger partial charge in [0.2, 0.25) is 0 Å². The summed E-state index contributed by atoms with van der Waals surface area (Å²) in [6, 6.07) is 13.0. The van der Waals surface area contributed by atoms with Crippen molar-refractivity contribution in [3.63, 3.8) is 0 Å². The van der Waals surface area contributed by atoms with Crippen molar-refractivity contribution in [1.29, 1.82) is 0 Å². The number of rotatable bonds is 5. The first-order chi connectivity index (χ1) is 13.3. The second-order valence-electron chi connectivity index (χ2n) is 6.79. The molecule has 7 heteroatoms. The Morgan fingerprint density at radius 3 is 2.32 bits per heavy atom. The largest absolute Gasteiger partial charge is 0.483 e. The van der Waals surface area contributed by atoms with Gasteiger partial charge in [0.1, 0.15) is 5.75 Å². The van der Waals surface area contributed by atoms with Gasteiger partial charge >= 0.3 is 0 Å². The number of aryl methyl sites for hydroxylation is 2. The number of ether oxygens (including phenoxy) is 1. The van der Waals surface area contributed by atoms with Crippen molar-refractivity contribution in [3.8, 4) is 5.75 Å². The molecule has 6 nitrogen and oxygen atoms in total. The Morgan fingerprint density at radius 2 is 1.71 bits per heavy atom. The Kier molecular flexibility index (Phi) is 7.52. The van der Waals surface area contributed by atoms with E-state index in [9.17, 15) is 9.59 Å². The summed E-state index contributed by atoms with van der Waals surface area (Å²) < 4.78 is 5.48. The smallest absolute Gasteiger partial charge is 0.276 e. The first-order valence-electron chi connectivity index (χ1n) is 8.96. The van der Waals surface area contributed by atoms with Gasteiger partial charge in [-0.3, -0.25) is 25.8 Å². The minimum Gasteiger partial charge on any atom is -0.483 e. The van der Waals surface area contributed by atoms with Gasteiger partial charge in [0, 0.05) is 5.56 Å². The molecule has 0 fully saturated rings. The molecule has 0 unspecified atom stereocenters. The second kappa shape index (κ2) is 9.85. The molecule has 0 aliphatic heterocycles. The standard InChI is InChI=1S/C21H25N3O3S/c1-13(2)16-6-8-17(9-7-16)20(26)22-21(28)24-23-19(25)12-27-18-10-5-14(3)11-15(18)4/h5-11,13H,12H2,1-4H3,(H,23,25)(H2,22,24,26,28). The molecule has 0 saturated heterocycles. The summed E-state index contributed by atoms with van der Waals surface area (Å²) >= 11 is 5.03. The molecule has 0 radical (unpaired) electrons. The van der Waals surface area contributed by atoms with Crippen molar-refractivity contribution >= 4 is 29.1 Å². The number of benzene rings is 2. The molecule has 0 atom stereocenters. The van der Waals surface area contributed by atoms with Gasteiger partial charge in [-0.25, -0.2) is 0 Å². The van der Waals surface area contributed by atoms with Gasteiger partial charge in [-0.1, -0.05) is 43.7 Å². The number of nitrogens with one attached hydrogen (secondary N) is 3. The second-order valence-corrected chi connectivity index (χ2v) is 7.20. The van der Waals surface area contributed by atoms with E-state index in [0.29, 0.717) is 17.2 Å². The van der Waals surface area contributed by atoms with Gasteiger partial charge in [0.15, 0.2) is 11.7 Å². The molecule has 0 bridgehead atoms. The van der Waals surface area contributed by atoms with E-state index in [1.807, 2.05) is 44.2 Å². The van der Waals surface area contributed by atoms with Crippen LogP contribution in [0, 0.1) is 13.8 Å². The summed E-state index contributed by atoms with van der Waals surface area (Å²) in [6.45, 7) is 7.89. The first kappa shape index (κ1) is 21.4. The van der Waals surface area contributed by atoms with Crippen molar-refractivity contribution < 1.29 is 14.3 Å². The van der Waals surface area contributed by atoms with E-state index in [1.165, 1.54) is 0 Å². The fourth-order valence-electron chi connectivity index (χ4n) is 2.49. The molecule has 148 valence electrons. The molecule has 2 aromatic carbocycles. The van der Waals surface area contributed by atoms with Gasteiger partial charge in [-0.2, -0.15) is 0 Å². The molecular weight excluding hydrogens is 374 g/mol. The average Bonchev–Trinajstić information content (AvgIpc) is 2.65. The highest BCUT2D eigenvalue weighted by Gasteiger charge is 2.10. The fraction of sp³-hybridized carbons (Fsp3) is 0.286. The number of hydrogen-bond donors (Lipinski definition) is 3. The maximum atomic E-state index is 12.2. The topological polar surface area (TPSA) is 79.5 Å². The van der Waals surface area contributed by atoms with E-state index in [1.54, 1.807) is 12.1 Å². The minimum atomic E-state index is -0.419. The van der Waals surface area contributed by atoms with E-state index < -0.39 is 5.91 Å². The summed E-state index contributed by atoms with van der Waals surface area (Å²) in [6.07, 6.45) is 0. The molecule has 0 spiro atoms. The van der Waals surface area contributed by atoms with Gasteiger partial charge in [0.05, 0.1) is 0 Å². The predicted molar refractivity (Wildman–Crippen MR) is 113 cm³/mol. The molecule has 28 heavy (non-hydrogen) atoms. The van der Waals surface area contributed by atoms with Crippen molar-refractivity contribution in [2.45, 2.75) is 33.6 Å². The summed E-state index contributed by atoms with van der Waals surface area (Å²) in [7, 11) is 0. The zero-order valence-electron chi connectivity index (χ0n) is 16.5. The third-order valence-corrected chi connectivity index (χ3v) is 4.28. The van der Waals surface area contributed by atoms with Crippen LogP contribution in [0.5, 0.6) is 5.75 Å². The molecule has 3 N–H and O–H groups in total. The lowest BCUT2D eigenvalue weighted by atomic mass is 10.0. The van der Waals surface area contributed by atoms with Crippen molar-refractivity contribution in [1.82, 2.24) is 16.2 Å². The summed E-state index contributed by atoms with van der Waals surface area (Å²) in [5.41, 5.74) is 8.59. The minimum absolute atomic E-state index is 0.00203. The molecule has 2 rings (SSSR count). The Bertz CT molecular complexity index is 864. The van der Waals surface area contributed by atoms with Gasteiger partial charge < -0.3 is 4.74 Å². The van der Waals surface area contributed by atoms with E-state index >= 15 is 0 Å². The molecular formula is C21H25N3O3S.